The summed E-state index contributed by atoms with van der Waals surface area (Å²) in [4.78, 5) is 13.6. The molecule has 0 spiro atoms. The first kappa shape index (κ1) is 19.0. The first-order chi connectivity index (χ1) is 12.5. The van der Waals surface area contributed by atoms with Crippen LogP contribution in [0, 0.1) is 5.92 Å². The van der Waals surface area contributed by atoms with E-state index in [1.54, 1.807) is 0 Å². The number of carbonyl (C=O) groups excluding carboxylic acids is 1. The second-order valence-corrected chi connectivity index (χ2v) is 8.98. The highest BCUT2D eigenvalue weighted by atomic mass is 32.2. The summed E-state index contributed by atoms with van der Waals surface area (Å²) in [6.07, 6.45) is 2.36. The lowest BCUT2D eigenvalue weighted by Gasteiger charge is -2.29. The Labute approximate surface area is 160 Å². The van der Waals surface area contributed by atoms with Gasteiger partial charge in [0.1, 0.15) is 5.60 Å². The Bertz CT molecular complexity index is 726. The molecule has 138 valence electrons. The molecule has 1 amide bonds. The Morgan fingerprint density at radius 2 is 1.81 bits per heavy atom. The van der Waals surface area contributed by atoms with Crippen LogP contribution in [-0.2, 0) is 16.8 Å². The molecule has 3 nitrogen and oxygen atoms in total. The van der Waals surface area contributed by atoms with Crippen LogP contribution in [0.2, 0.25) is 0 Å². The van der Waals surface area contributed by atoms with Crippen molar-refractivity contribution in [2.45, 2.75) is 48.9 Å². The SMILES string of the molecule is CC(C)Sc1ccc(CC(=O)NCC(O)(c2ccccc2)C2CC2)cc1. The van der Waals surface area contributed by atoms with Gasteiger partial charge in [-0.3, -0.25) is 4.79 Å². The average molecular weight is 370 g/mol. The molecule has 2 aromatic carbocycles. The highest BCUT2D eigenvalue weighted by molar-refractivity contribution is 7.99. The van der Waals surface area contributed by atoms with Crippen LogP contribution in [0.15, 0.2) is 59.5 Å². The Morgan fingerprint density at radius 1 is 1.15 bits per heavy atom. The summed E-state index contributed by atoms with van der Waals surface area (Å²) in [5.74, 6) is 0.182. The molecule has 0 aliphatic heterocycles. The summed E-state index contributed by atoms with van der Waals surface area (Å²) >= 11 is 1.81. The molecule has 1 aliphatic rings. The Balaban J connectivity index is 1.57. The minimum absolute atomic E-state index is 0.0516. The van der Waals surface area contributed by atoms with E-state index in [0.717, 1.165) is 24.0 Å². The molecule has 4 heteroatoms. The fourth-order valence-corrected chi connectivity index (χ4v) is 4.05. The third-order valence-corrected chi connectivity index (χ3v) is 5.76. The van der Waals surface area contributed by atoms with Crippen molar-refractivity contribution in [2.24, 2.45) is 5.92 Å². The van der Waals surface area contributed by atoms with E-state index in [2.05, 4.69) is 31.3 Å². The molecule has 1 fully saturated rings. The van der Waals surface area contributed by atoms with Crippen molar-refractivity contribution in [3.63, 3.8) is 0 Å². The number of rotatable bonds is 8. The minimum atomic E-state index is -0.964. The van der Waals surface area contributed by atoms with Crippen LogP contribution in [-0.4, -0.2) is 22.8 Å². The maximum Gasteiger partial charge on any atom is 0.224 e. The number of benzene rings is 2. The molecule has 0 aromatic heterocycles. The Hall–Kier alpha value is -1.78. The number of amides is 1. The van der Waals surface area contributed by atoms with Gasteiger partial charge in [0, 0.05) is 10.1 Å². The summed E-state index contributed by atoms with van der Waals surface area (Å²) in [5.41, 5.74) is 0.914. The van der Waals surface area contributed by atoms with Crippen molar-refractivity contribution < 1.29 is 9.90 Å². The van der Waals surface area contributed by atoms with E-state index in [0.29, 0.717) is 11.7 Å². The van der Waals surface area contributed by atoms with Crippen molar-refractivity contribution in [1.29, 1.82) is 0 Å². The molecule has 2 N–H and O–H groups in total. The molecule has 1 unspecified atom stereocenters. The number of nitrogens with one attached hydrogen (secondary N) is 1. The van der Waals surface area contributed by atoms with Gasteiger partial charge in [0.25, 0.3) is 0 Å². The molecule has 3 rings (SSSR count). The lowest BCUT2D eigenvalue weighted by Crippen LogP contribution is -2.43. The fraction of sp³-hybridized carbons (Fsp3) is 0.409. The summed E-state index contributed by atoms with van der Waals surface area (Å²) in [6, 6.07) is 17.8. The van der Waals surface area contributed by atoms with Crippen molar-refractivity contribution in [2.75, 3.05) is 6.54 Å². The van der Waals surface area contributed by atoms with Gasteiger partial charge < -0.3 is 10.4 Å². The van der Waals surface area contributed by atoms with Crippen molar-refractivity contribution in [1.82, 2.24) is 5.32 Å². The van der Waals surface area contributed by atoms with E-state index in [9.17, 15) is 9.90 Å². The largest absolute Gasteiger partial charge is 0.383 e. The van der Waals surface area contributed by atoms with E-state index < -0.39 is 5.60 Å². The molecule has 0 bridgehead atoms. The van der Waals surface area contributed by atoms with Crippen LogP contribution in [0.3, 0.4) is 0 Å². The maximum atomic E-state index is 12.4. The molecular formula is C22H27NO2S. The summed E-state index contributed by atoms with van der Waals surface area (Å²) < 4.78 is 0. The fourth-order valence-electron chi connectivity index (χ4n) is 3.21. The number of aliphatic hydroxyl groups is 1. The number of carbonyl (C=O) groups is 1. The van der Waals surface area contributed by atoms with Gasteiger partial charge in [-0.15, -0.1) is 11.8 Å². The van der Waals surface area contributed by atoms with E-state index >= 15 is 0 Å². The molecule has 1 aliphatic carbocycles. The van der Waals surface area contributed by atoms with Gasteiger partial charge in [0.05, 0.1) is 13.0 Å². The predicted octanol–water partition coefficient (Wildman–Crippen LogP) is 4.14. The molecule has 1 atom stereocenters. The minimum Gasteiger partial charge on any atom is -0.383 e. The maximum absolute atomic E-state index is 12.4. The lowest BCUT2D eigenvalue weighted by molar-refractivity contribution is -0.122. The zero-order valence-electron chi connectivity index (χ0n) is 15.4. The molecule has 1 saturated carbocycles. The molecule has 0 radical (unpaired) electrons. The third-order valence-electron chi connectivity index (χ3n) is 4.74. The van der Waals surface area contributed by atoms with Crippen molar-refractivity contribution in [3.05, 3.63) is 65.7 Å². The highest BCUT2D eigenvalue weighted by Gasteiger charge is 2.45. The zero-order valence-corrected chi connectivity index (χ0v) is 16.3. The van der Waals surface area contributed by atoms with Crippen molar-refractivity contribution in [3.8, 4) is 0 Å². The van der Waals surface area contributed by atoms with Crippen LogP contribution in [0.25, 0.3) is 0 Å². The summed E-state index contributed by atoms with van der Waals surface area (Å²) in [6.45, 7) is 4.60. The normalized spacial score (nSPS) is 16.3. The first-order valence-corrected chi connectivity index (χ1v) is 10.2. The smallest absolute Gasteiger partial charge is 0.224 e. The number of hydrogen-bond donors (Lipinski definition) is 2. The van der Waals surface area contributed by atoms with E-state index in [1.165, 1.54) is 4.90 Å². The molecular weight excluding hydrogens is 342 g/mol. The van der Waals surface area contributed by atoms with Crippen LogP contribution >= 0.6 is 11.8 Å². The number of hydrogen-bond acceptors (Lipinski definition) is 3. The van der Waals surface area contributed by atoms with E-state index in [-0.39, 0.29) is 18.4 Å². The molecule has 26 heavy (non-hydrogen) atoms. The molecule has 2 aromatic rings. The zero-order chi connectivity index (χ0) is 18.6. The highest BCUT2D eigenvalue weighted by Crippen LogP contribution is 2.45. The van der Waals surface area contributed by atoms with Gasteiger partial charge in [-0.05, 0) is 42.0 Å². The van der Waals surface area contributed by atoms with Crippen LogP contribution in [0.4, 0.5) is 0 Å². The molecule has 0 heterocycles. The second kappa shape index (κ2) is 8.28. The van der Waals surface area contributed by atoms with Crippen LogP contribution < -0.4 is 5.32 Å². The Morgan fingerprint density at radius 3 is 2.38 bits per heavy atom. The number of thioether (sulfide) groups is 1. The van der Waals surface area contributed by atoms with Gasteiger partial charge in [-0.2, -0.15) is 0 Å². The van der Waals surface area contributed by atoms with E-state index in [1.807, 2.05) is 54.2 Å². The van der Waals surface area contributed by atoms with Crippen LogP contribution in [0.5, 0.6) is 0 Å². The third kappa shape index (κ3) is 4.89. The van der Waals surface area contributed by atoms with Crippen molar-refractivity contribution >= 4 is 17.7 Å². The second-order valence-electron chi connectivity index (χ2n) is 7.33. The lowest BCUT2D eigenvalue weighted by atomic mass is 9.88. The summed E-state index contributed by atoms with van der Waals surface area (Å²) in [5, 5.41) is 14.6. The average Bonchev–Trinajstić information content (AvgIpc) is 3.47. The Kier molecular flexibility index (Phi) is 6.05. The topological polar surface area (TPSA) is 49.3 Å². The van der Waals surface area contributed by atoms with Crippen LogP contribution in [0.1, 0.15) is 37.8 Å². The molecule has 0 saturated heterocycles. The quantitative estimate of drug-likeness (QED) is 0.688. The van der Waals surface area contributed by atoms with Gasteiger partial charge >= 0.3 is 0 Å². The van der Waals surface area contributed by atoms with E-state index in [4.69, 9.17) is 0 Å². The van der Waals surface area contributed by atoms with Gasteiger partial charge in [-0.1, -0.05) is 56.3 Å². The standard InChI is InChI=1S/C22H27NO2S/c1-16(2)26-20-12-8-17(9-13-20)14-21(24)23-15-22(25,19-10-11-19)18-6-4-3-5-7-18/h3-9,12-13,16,19,25H,10-11,14-15H2,1-2H3,(H,23,24). The van der Waals surface area contributed by atoms with Gasteiger partial charge in [-0.25, -0.2) is 0 Å². The summed E-state index contributed by atoms with van der Waals surface area (Å²) in [7, 11) is 0. The monoisotopic (exact) mass is 369 g/mol. The van der Waals surface area contributed by atoms with Gasteiger partial charge in [0.15, 0.2) is 0 Å². The predicted molar refractivity (Wildman–Crippen MR) is 107 cm³/mol. The first-order valence-electron chi connectivity index (χ1n) is 9.27. The van der Waals surface area contributed by atoms with Gasteiger partial charge in [0.2, 0.25) is 5.91 Å².